The lowest BCUT2D eigenvalue weighted by molar-refractivity contribution is -0.115. The Hall–Kier alpha value is -2.20. The monoisotopic (exact) mass is 348 g/mol. The van der Waals surface area contributed by atoms with Gasteiger partial charge in [0.25, 0.3) is 0 Å². The van der Waals surface area contributed by atoms with Gasteiger partial charge in [0.2, 0.25) is 5.91 Å². The Kier molecular flexibility index (Phi) is 7.59. The molecule has 2 aromatic carbocycles. The van der Waals surface area contributed by atoms with Crippen molar-refractivity contribution in [2.45, 2.75) is 26.7 Å². The molecule has 0 aliphatic rings. The standard InChI is InChI=1S/C19H24N2O2.ClH/c1-13(2)10-14-4-6-15(7-5-14)11-19(22)21-18-12-16(23-3)8-9-17(18)20;/h4-9,12-13H,10-11,20H2,1-3H3,(H,21,22);1H. The second-order valence-electron chi connectivity index (χ2n) is 6.09. The van der Waals surface area contributed by atoms with Crippen molar-refractivity contribution < 1.29 is 9.53 Å². The van der Waals surface area contributed by atoms with E-state index in [-0.39, 0.29) is 18.3 Å². The number of nitrogens with two attached hydrogens (primary N) is 1. The molecule has 0 aliphatic heterocycles. The van der Waals surface area contributed by atoms with E-state index in [1.54, 1.807) is 25.3 Å². The molecule has 130 valence electrons. The number of ether oxygens (including phenoxy) is 1. The summed E-state index contributed by atoms with van der Waals surface area (Å²) in [7, 11) is 1.58. The molecule has 5 heteroatoms. The molecule has 0 saturated heterocycles. The van der Waals surface area contributed by atoms with Gasteiger partial charge in [-0.1, -0.05) is 38.1 Å². The molecule has 0 aromatic heterocycles. The van der Waals surface area contributed by atoms with Gasteiger partial charge in [-0.25, -0.2) is 0 Å². The minimum absolute atomic E-state index is 0. The van der Waals surface area contributed by atoms with E-state index in [2.05, 4.69) is 31.3 Å². The van der Waals surface area contributed by atoms with Gasteiger partial charge in [-0.15, -0.1) is 12.4 Å². The molecule has 1 amide bonds. The first-order chi connectivity index (χ1) is 11.0. The van der Waals surface area contributed by atoms with Crippen molar-refractivity contribution in [3.8, 4) is 5.75 Å². The van der Waals surface area contributed by atoms with Crippen molar-refractivity contribution in [3.05, 3.63) is 53.6 Å². The molecule has 0 fully saturated rings. The van der Waals surface area contributed by atoms with E-state index >= 15 is 0 Å². The number of carbonyl (C=O) groups excluding carboxylic acids is 1. The Bertz CT molecular complexity index is 670. The van der Waals surface area contributed by atoms with Crippen molar-refractivity contribution in [1.29, 1.82) is 0 Å². The molecule has 0 atom stereocenters. The van der Waals surface area contributed by atoms with Gasteiger partial charge in [-0.2, -0.15) is 0 Å². The van der Waals surface area contributed by atoms with Crippen LogP contribution in [0.25, 0.3) is 0 Å². The molecule has 0 aliphatic carbocycles. The quantitative estimate of drug-likeness (QED) is 0.773. The van der Waals surface area contributed by atoms with Crippen molar-refractivity contribution >= 4 is 29.7 Å². The van der Waals surface area contributed by atoms with E-state index < -0.39 is 0 Å². The minimum Gasteiger partial charge on any atom is -0.497 e. The van der Waals surface area contributed by atoms with Crippen LogP contribution >= 0.6 is 12.4 Å². The second-order valence-corrected chi connectivity index (χ2v) is 6.09. The average molecular weight is 349 g/mol. The van der Waals surface area contributed by atoms with Gasteiger partial charge in [0.1, 0.15) is 5.75 Å². The van der Waals surface area contributed by atoms with Gasteiger partial charge in [0, 0.05) is 6.07 Å². The fraction of sp³-hybridized carbons (Fsp3) is 0.316. The Morgan fingerprint density at radius 3 is 2.33 bits per heavy atom. The fourth-order valence-corrected chi connectivity index (χ4v) is 2.42. The molecular formula is C19H25ClN2O2. The Balaban J connectivity index is 0.00000288. The predicted molar refractivity (Wildman–Crippen MR) is 102 cm³/mol. The van der Waals surface area contributed by atoms with Gasteiger partial charge >= 0.3 is 0 Å². The summed E-state index contributed by atoms with van der Waals surface area (Å²) in [6.07, 6.45) is 1.37. The molecule has 24 heavy (non-hydrogen) atoms. The maximum absolute atomic E-state index is 12.2. The number of hydrogen-bond acceptors (Lipinski definition) is 3. The fourth-order valence-electron chi connectivity index (χ4n) is 2.42. The number of hydrogen-bond donors (Lipinski definition) is 2. The first-order valence-corrected chi connectivity index (χ1v) is 7.79. The van der Waals surface area contributed by atoms with E-state index in [1.165, 1.54) is 5.56 Å². The molecule has 0 bridgehead atoms. The molecule has 0 saturated carbocycles. The number of rotatable bonds is 6. The molecule has 0 unspecified atom stereocenters. The Morgan fingerprint density at radius 2 is 1.75 bits per heavy atom. The van der Waals surface area contributed by atoms with Crippen molar-refractivity contribution in [1.82, 2.24) is 0 Å². The highest BCUT2D eigenvalue weighted by Gasteiger charge is 2.08. The van der Waals surface area contributed by atoms with Crippen molar-refractivity contribution in [3.63, 3.8) is 0 Å². The maximum Gasteiger partial charge on any atom is 0.228 e. The molecule has 2 aromatic rings. The lowest BCUT2D eigenvalue weighted by Gasteiger charge is -2.10. The predicted octanol–water partition coefficient (Wildman–Crippen LogP) is 4.08. The van der Waals surface area contributed by atoms with Crippen LogP contribution in [0.3, 0.4) is 0 Å². The zero-order valence-corrected chi connectivity index (χ0v) is 15.2. The molecule has 2 rings (SSSR count). The number of carbonyl (C=O) groups is 1. The van der Waals surface area contributed by atoms with E-state index in [0.717, 1.165) is 12.0 Å². The number of nitrogen functional groups attached to an aromatic ring is 1. The van der Waals surface area contributed by atoms with Crippen LogP contribution in [-0.2, 0) is 17.6 Å². The van der Waals surface area contributed by atoms with Gasteiger partial charge in [0.05, 0.1) is 24.9 Å². The van der Waals surface area contributed by atoms with Crippen LogP contribution in [0.2, 0.25) is 0 Å². The van der Waals surface area contributed by atoms with Gasteiger partial charge in [-0.05, 0) is 35.6 Å². The summed E-state index contributed by atoms with van der Waals surface area (Å²) in [6.45, 7) is 4.39. The summed E-state index contributed by atoms with van der Waals surface area (Å²) < 4.78 is 5.15. The highest BCUT2D eigenvalue weighted by Crippen LogP contribution is 2.24. The van der Waals surface area contributed by atoms with Crippen LogP contribution in [0.5, 0.6) is 5.75 Å². The normalized spacial score (nSPS) is 10.2. The first kappa shape index (κ1) is 19.8. The summed E-state index contributed by atoms with van der Waals surface area (Å²) in [5, 5.41) is 2.84. The minimum atomic E-state index is -0.0958. The Labute approximate surface area is 149 Å². The lowest BCUT2D eigenvalue weighted by atomic mass is 10.0. The molecule has 4 nitrogen and oxygen atoms in total. The third-order valence-corrected chi connectivity index (χ3v) is 3.57. The summed E-state index contributed by atoms with van der Waals surface area (Å²) >= 11 is 0. The van der Waals surface area contributed by atoms with E-state index in [4.69, 9.17) is 10.5 Å². The molecule has 3 N–H and O–H groups in total. The number of nitrogens with one attached hydrogen (secondary N) is 1. The van der Waals surface area contributed by atoms with E-state index in [1.807, 2.05) is 12.1 Å². The summed E-state index contributed by atoms with van der Waals surface area (Å²) in [5.74, 6) is 1.19. The van der Waals surface area contributed by atoms with E-state index in [0.29, 0.717) is 29.5 Å². The van der Waals surface area contributed by atoms with Gasteiger partial charge in [-0.3, -0.25) is 4.79 Å². The van der Waals surface area contributed by atoms with Crippen LogP contribution < -0.4 is 15.8 Å². The topological polar surface area (TPSA) is 64.3 Å². The largest absolute Gasteiger partial charge is 0.497 e. The van der Waals surface area contributed by atoms with Crippen LogP contribution in [0.4, 0.5) is 11.4 Å². The molecule has 0 heterocycles. The van der Waals surface area contributed by atoms with Gasteiger partial charge in [0.15, 0.2) is 0 Å². The van der Waals surface area contributed by atoms with Crippen LogP contribution in [0, 0.1) is 5.92 Å². The number of halogens is 1. The van der Waals surface area contributed by atoms with Crippen LogP contribution in [0.15, 0.2) is 42.5 Å². The zero-order valence-electron chi connectivity index (χ0n) is 14.3. The second kappa shape index (κ2) is 9.18. The SMILES string of the molecule is COc1ccc(N)c(NC(=O)Cc2ccc(CC(C)C)cc2)c1.Cl. The highest BCUT2D eigenvalue weighted by molar-refractivity contribution is 5.95. The molecular weight excluding hydrogens is 324 g/mol. The smallest absolute Gasteiger partial charge is 0.228 e. The molecule has 0 spiro atoms. The number of methoxy groups -OCH3 is 1. The Morgan fingerprint density at radius 1 is 1.12 bits per heavy atom. The number of benzene rings is 2. The zero-order chi connectivity index (χ0) is 16.8. The maximum atomic E-state index is 12.2. The highest BCUT2D eigenvalue weighted by atomic mass is 35.5. The number of anilines is 2. The summed E-state index contributed by atoms with van der Waals surface area (Å²) in [4.78, 5) is 12.2. The third-order valence-electron chi connectivity index (χ3n) is 3.57. The third kappa shape index (κ3) is 5.78. The number of amides is 1. The lowest BCUT2D eigenvalue weighted by Crippen LogP contribution is -2.15. The summed E-state index contributed by atoms with van der Waals surface area (Å²) in [5.41, 5.74) is 9.25. The van der Waals surface area contributed by atoms with Crippen molar-refractivity contribution in [2.24, 2.45) is 5.92 Å². The summed E-state index contributed by atoms with van der Waals surface area (Å²) in [6, 6.07) is 13.4. The van der Waals surface area contributed by atoms with Crippen LogP contribution in [0.1, 0.15) is 25.0 Å². The first-order valence-electron chi connectivity index (χ1n) is 7.79. The average Bonchev–Trinajstić information content (AvgIpc) is 2.51. The molecule has 0 radical (unpaired) electrons. The van der Waals surface area contributed by atoms with E-state index in [9.17, 15) is 4.79 Å². The van der Waals surface area contributed by atoms with Crippen LogP contribution in [-0.4, -0.2) is 13.0 Å². The van der Waals surface area contributed by atoms with Crippen molar-refractivity contribution in [2.75, 3.05) is 18.2 Å². The van der Waals surface area contributed by atoms with Gasteiger partial charge < -0.3 is 15.8 Å².